The normalized spacial score (nSPS) is 16.5. The lowest BCUT2D eigenvalue weighted by molar-refractivity contribution is -0.144. The molecular weight excluding hydrogens is 1260 g/mol. The number of piperidine rings is 2. The Bertz CT molecular complexity index is 3340. The molecule has 0 radical (unpaired) electrons. The summed E-state index contributed by atoms with van der Waals surface area (Å²) in [5.74, 6) is -2.91. The van der Waals surface area contributed by atoms with Gasteiger partial charge >= 0.3 is 18.2 Å². The van der Waals surface area contributed by atoms with Crippen LogP contribution in [-0.4, -0.2) is 154 Å². The number of carboxylic acids is 1. The van der Waals surface area contributed by atoms with Gasteiger partial charge in [-0.1, -0.05) is 71.7 Å². The number of amides is 9. The van der Waals surface area contributed by atoms with Crippen LogP contribution in [0.3, 0.4) is 0 Å². The van der Waals surface area contributed by atoms with Crippen LogP contribution in [0.25, 0.3) is 0 Å². The van der Waals surface area contributed by atoms with Gasteiger partial charge in [0.1, 0.15) is 29.3 Å². The zero-order chi connectivity index (χ0) is 69.4. The van der Waals surface area contributed by atoms with Crippen molar-refractivity contribution in [1.29, 1.82) is 0 Å². The molecule has 4 heterocycles. The Hall–Kier alpha value is -8.28. The van der Waals surface area contributed by atoms with Crippen LogP contribution in [0.15, 0.2) is 84.9 Å². The van der Waals surface area contributed by atoms with Gasteiger partial charge in [-0.2, -0.15) is 0 Å². The highest BCUT2D eigenvalue weighted by atomic mass is 35.5. The van der Waals surface area contributed by atoms with Crippen LogP contribution in [0.2, 0.25) is 10.0 Å². The second-order valence-corrected chi connectivity index (χ2v) is 27.0. The van der Waals surface area contributed by atoms with Gasteiger partial charge in [0, 0.05) is 99.5 Å². The maximum atomic E-state index is 14.0. The molecule has 4 aliphatic rings. The van der Waals surface area contributed by atoms with Crippen molar-refractivity contribution in [3.05, 3.63) is 128 Å². The number of nitrogens with zero attached hydrogens (tertiary/aromatic N) is 3. The second kappa shape index (κ2) is 36.6. The number of carbonyl (C=O) groups excluding carboxylic acids is 9. The molecule has 4 aromatic carbocycles. The van der Waals surface area contributed by atoms with Gasteiger partial charge in [-0.3, -0.25) is 38.4 Å². The van der Waals surface area contributed by atoms with Gasteiger partial charge in [0.15, 0.2) is 0 Å². The molecule has 4 aromatic rings. The Morgan fingerprint density at radius 1 is 0.547 bits per heavy atom. The number of carboxylic acid groups (broad SMARTS) is 1. The maximum Gasteiger partial charge on any atom is 0.407 e. The van der Waals surface area contributed by atoms with E-state index in [0.717, 1.165) is 78.6 Å². The summed E-state index contributed by atoms with van der Waals surface area (Å²) in [6.45, 7) is 18.2. The van der Waals surface area contributed by atoms with E-state index >= 15 is 0 Å². The lowest BCUT2D eigenvalue weighted by Crippen LogP contribution is -2.56. The first-order chi connectivity index (χ1) is 45.0. The summed E-state index contributed by atoms with van der Waals surface area (Å²) in [5.41, 5.74) is 5.45. The number of nitrogens with one attached hydrogen (secondary N) is 7. The van der Waals surface area contributed by atoms with Gasteiger partial charge in [0.2, 0.25) is 41.4 Å². The highest BCUT2D eigenvalue weighted by Crippen LogP contribution is 2.27. The molecular formula is C70H94Cl2N10O13. The number of carbonyl (C=O) groups is 10. The molecule has 0 aromatic heterocycles. The molecule has 4 aliphatic heterocycles. The van der Waals surface area contributed by atoms with Crippen LogP contribution < -0.4 is 37.2 Å². The van der Waals surface area contributed by atoms with Crippen molar-refractivity contribution in [3.8, 4) is 0 Å². The number of alkyl carbamates (subject to hydrolysis) is 2. The predicted molar refractivity (Wildman–Crippen MR) is 363 cm³/mol. The Labute approximate surface area is 567 Å². The number of benzene rings is 4. The topological polar surface area (TPSA) is 303 Å². The summed E-state index contributed by atoms with van der Waals surface area (Å²) < 4.78 is 10.6. The first-order valence-electron chi connectivity index (χ1n) is 32.6. The van der Waals surface area contributed by atoms with E-state index < -0.39 is 65.3 Å². The zero-order valence-corrected chi connectivity index (χ0v) is 57.4. The van der Waals surface area contributed by atoms with Crippen LogP contribution in [0.1, 0.15) is 152 Å². The minimum atomic E-state index is -1.05. The number of hydrogen-bond donors (Lipinski definition) is 8. The third-order valence-corrected chi connectivity index (χ3v) is 17.0. The van der Waals surface area contributed by atoms with E-state index in [4.69, 9.17) is 37.8 Å². The molecule has 0 spiro atoms. The Kier molecular flexibility index (Phi) is 29.2. The highest BCUT2D eigenvalue weighted by Gasteiger charge is 2.37. The summed E-state index contributed by atoms with van der Waals surface area (Å²) in [4.78, 5) is 131. The lowest BCUT2D eigenvalue weighted by Gasteiger charge is -2.37. The minimum absolute atomic E-state index is 0.0119. The summed E-state index contributed by atoms with van der Waals surface area (Å²) in [7, 11) is 0. The second-order valence-electron chi connectivity index (χ2n) is 26.2. The first-order valence-corrected chi connectivity index (χ1v) is 33.4. The molecule has 516 valence electrons. The van der Waals surface area contributed by atoms with E-state index in [1.165, 1.54) is 11.3 Å². The smallest absolute Gasteiger partial charge is 0.407 e. The quantitative estimate of drug-likeness (QED) is 0.0409. The molecule has 95 heavy (non-hydrogen) atoms. The van der Waals surface area contributed by atoms with Crippen LogP contribution in [0.5, 0.6) is 0 Å². The van der Waals surface area contributed by atoms with Crippen molar-refractivity contribution in [2.75, 3.05) is 49.9 Å². The van der Waals surface area contributed by atoms with E-state index in [0.29, 0.717) is 47.5 Å². The van der Waals surface area contributed by atoms with Crippen molar-refractivity contribution in [2.45, 2.75) is 194 Å². The van der Waals surface area contributed by atoms with Crippen molar-refractivity contribution >= 4 is 94.1 Å². The summed E-state index contributed by atoms with van der Waals surface area (Å²) in [6.07, 6.45) is 6.30. The number of rotatable bonds is 20. The van der Waals surface area contributed by atoms with Gasteiger partial charge in [-0.15, -0.1) is 0 Å². The largest absolute Gasteiger partial charge is 0.481 e. The van der Waals surface area contributed by atoms with Gasteiger partial charge in [0.05, 0.1) is 12.5 Å². The van der Waals surface area contributed by atoms with Crippen molar-refractivity contribution in [3.63, 3.8) is 0 Å². The molecule has 2 saturated heterocycles. The molecule has 8 N–H and O–H groups in total. The van der Waals surface area contributed by atoms with Crippen LogP contribution in [0, 0.1) is 13.8 Å². The van der Waals surface area contributed by atoms with Crippen molar-refractivity contribution in [2.24, 2.45) is 0 Å². The third-order valence-electron chi connectivity index (χ3n) is 16.1. The number of aliphatic carboxylic acids is 1. The molecule has 23 nitrogen and oxygen atoms in total. The molecule has 0 bridgehead atoms. The average molecular weight is 1350 g/mol. The van der Waals surface area contributed by atoms with Crippen LogP contribution in [0.4, 0.5) is 21.0 Å². The van der Waals surface area contributed by atoms with Gasteiger partial charge < -0.3 is 66.5 Å². The zero-order valence-electron chi connectivity index (χ0n) is 55.9. The fourth-order valence-electron chi connectivity index (χ4n) is 11.1. The number of anilines is 2. The average Bonchev–Trinajstić information content (AvgIpc) is 0.806. The van der Waals surface area contributed by atoms with E-state index in [2.05, 4.69) is 37.2 Å². The Morgan fingerprint density at radius 3 is 1.42 bits per heavy atom. The summed E-state index contributed by atoms with van der Waals surface area (Å²) >= 11 is 12.2. The Balaban J connectivity index is 0.000000260. The summed E-state index contributed by atoms with van der Waals surface area (Å²) in [5, 5.41) is 29.4. The van der Waals surface area contributed by atoms with E-state index in [1.54, 1.807) is 82.8 Å². The molecule has 9 amide bonds. The number of fused-ring (bicyclic) bond motifs is 2. The van der Waals surface area contributed by atoms with Crippen LogP contribution in [-0.2, 0) is 73.8 Å². The van der Waals surface area contributed by atoms with Crippen molar-refractivity contribution in [1.82, 2.24) is 41.3 Å². The predicted octanol–water partition coefficient (Wildman–Crippen LogP) is 9.30. The minimum Gasteiger partial charge on any atom is -0.481 e. The SMILES string of the molecule is Cc1cc(NC(=O)[C@H](CCNC(=O)OC(C)(C)C)NC(=O)[C@@H]2Cc3ccccc3CN2)ccc1Cl.Cc1cc(NC(=O)[C@H](CCNC(=O)OC(C)(C)C)NC(=O)[C@@H]2Cc3ccccc3CN2C(=O)CCC(=O)N2CCCCC2)ccc1Cl.O=C(O)CCC(=O)N1CCCCC1. The van der Waals surface area contributed by atoms with Gasteiger partial charge in [-0.25, -0.2) is 9.59 Å². The molecule has 4 atom stereocenters. The number of hydrogen-bond acceptors (Lipinski definition) is 13. The fourth-order valence-corrected chi connectivity index (χ4v) is 11.3. The standard InChI is InChI=1S/C35H46ClN5O6.C26H33ClN4O4.C9H15NO3/c1-23-20-26(12-13-27(23)36)38-32(44)28(16-17-37-34(46)47-35(2,3)4)39-33(45)29-21-24-10-6-7-11-25(24)22-41(29)31(43)15-14-30(42)40-18-8-5-9-19-40;1-16-13-19(9-10-20(16)27)30-23(32)21(11-12-28-25(34)35-26(2,3)4)31-24(33)22-14-17-7-5-6-8-18(17)15-29-22;11-8(4-5-9(12)13)10-6-2-1-3-7-10/h6-7,10-13,20,28-29H,5,8-9,14-19,21-22H2,1-4H3,(H,37,46)(H,38,44)(H,39,45);5-10,13,21-22,29H,11-12,14-15H2,1-4H3,(H,28,34)(H,30,32)(H,31,33);1-7H2,(H,12,13)/t28-,29-;21-,22-;/m00./s1. The number of ether oxygens (including phenoxy) is 2. The Morgan fingerprint density at radius 2 is 0.968 bits per heavy atom. The number of aryl methyl sites for hydroxylation is 2. The fraction of sp³-hybridized carbons (Fsp3) is 0.514. The first kappa shape index (κ1) is 75.7. The summed E-state index contributed by atoms with van der Waals surface area (Å²) in [6, 6.07) is 22.5. The highest BCUT2D eigenvalue weighted by molar-refractivity contribution is 6.31. The molecule has 25 heteroatoms. The maximum absolute atomic E-state index is 14.0. The molecule has 0 unspecified atom stereocenters. The van der Waals surface area contributed by atoms with Gasteiger partial charge in [-0.05, 0) is 183 Å². The monoisotopic (exact) mass is 1350 g/mol. The molecule has 8 rings (SSSR count). The third kappa shape index (κ3) is 25.8. The lowest BCUT2D eigenvalue weighted by atomic mass is 9.92. The van der Waals surface area contributed by atoms with E-state index in [1.807, 2.05) is 67.3 Å². The molecule has 0 aliphatic carbocycles. The van der Waals surface area contributed by atoms with Crippen LogP contribution >= 0.6 is 23.2 Å². The van der Waals surface area contributed by atoms with E-state index in [9.17, 15) is 47.9 Å². The van der Waals surface area contributed by atoms with Gasteiger partial charge in [0.25, 0.3) is 0 Å². The van der Waals surface area contributed by atoms with Crippen molar-refractivity contribution < 1.29 is 62.5 Å². The number of halogens is 2. The molecule has 0 saturated carbocycles. The molecule has 2 fully saturated rings. The van der Waals surface area contributed by atoms with E-state index in [-0.39, 0.29) is 94.1 Å². The number of likely N-dealkylation sites (tertiary alicyclic amines) is 2.